The van der Waals surface area contributed by atoms with Gasteiger partial charge in [0.15, 0.2) is 0 Å². The standard InChI is InChI=1S/C14H19N5O2/c1-11(16-14(21)15-8-5-9-20)13-10-19(18-17-13)12-6-3-2-4-7-12/h2-4,6-7,10-11,20H,5,8-9H2,1H3,(H2,15,16,21). The van der Waals surface area contributed by atoms with Crippen molar-refractivity contribution in [3.63, 3.8) is 0 Å². The Morgan fingerprint density at radius 2 is 2.14 bits per heavy atom. The van der Waals surface area contributed by atoms with Crippen LogP contribution in [0, 0.1) is 0 Å². The maximum Gasteiger partial charge on any atom is 0.315 e. The van der Waals surface area contributed by atoms with E-state index in [0.29, 0.717) is 18.7 Å². The first kappa shape index (κ1) is 15.0. The molecule has 1 unspecified atom stereocenters. The Balaban J connectivity index is 1.93. The van der Waals surface area contributed by atoms with Gasteiger partial charge in [0.05, 0.1) is 17.9 Å². The maximum atomic E-state index is 11.6. The van der Waals surface area contributed by atoms with E-state index in [4.69, 9.17) is 5.11 Å². The summed E-state index contributed by atoms with van der Waals surface area (Å²) in [7, 11) is 0. The van der Waals surface area contributed by atoms with Crippen LogP contribution in [0.25, 0.3) is 5.69 Å². The van der Waals surface area contributed by atoms with Gasteiger partial charge < -0.3 is 15.7 Å². The Hall–Kier alpha value is -2.41. The molecule has 21 heavy (non-hydrogen) atoms. The number of para-hydroxylation sites is 1. The quantitative estimate of drug-likeness (QED) is 0.692. The lowest BCUT2D eigenvalue weighted by molar-refractivity contribution is 0.235. The summed E-state index contributed by atoms with van der Waals surface area (Å²) in [6, 6.07) is 9.10. The average molecular weight is 289 g/mol. The predicted molar refractivity (Wildman–Crippen MR) is 78.0 cm³/mol. The van der Waals surface area contributed by atoms with Crippen molar-refractivity contribution in [1.82, 2.24) is 25.6 Å². The Kier molecular flexibility index (Phi) is 5.28. The molecule has 0 aliphatic rings. The van der Waals surface area contributed by atoms with Crippen molar-refractivity contribution in [2.75, 3.05) is 13.2 Å². The van der Waals surface area contributed by atoms with E-state index >= 15 is 0 Å². The minimum atomic E-state index is -0.287. The molecule has 1 aromatic carbocycles. The molecule has 0 spiro atoms. The van der Waals surface area contributed by atoms with Gasteiger partial charge in [0, 0.05) is 13.2 Å². The molecular weight excluding hydrogens is 270 g/mol. The molecule has 1 atom stereocenters. The zero-order valence-electron chi connectivity index (χ0n) is 11.9. The number of aliphatic hydroxyl groups is 1. The number of aliphatic hydroxyl groups excluding tert-OH is 1. The third kappa shape index (κ3) is 4.28. The summed E-state index contributed by atoms with van der Waals surface area (Å²) < 4.78 is 1.66. The van der Waals surface area contributed by atoms with Gasteiger partial charge in [0.2, 0.25) is 0 Å². The summed E-state index contributed by atoms with van der Waals surface area (Å²) in [5, 5.41) is 22.2. The van der Waals surface area contributed by atoms with Gasteiger partial charge in [-0.2, -0.15) is 0 Å². The van der Waals surface area contributed by atoms with Crippen molar-refractivity contribution in [2.45, 2.75) is 19.4 Å². The lowest BCUT2D eigenvalue weighted by atomic mass is 10.2. The third-order valence-corrected chi connectivity index (χ3v) is 2.94. The minimum Gasteiger partial charge on any atom is -0.396 e. The van der Waals surface area contributed by atoms with Crippen LogP contribution in [0.1, 0.15) is 25.1 Å². The molecule has 7 heteroatoms. The summed E-state index contributed by atoms with van der Waals surface area (Å²) >= 11 is 0. The van der Waals surface area contributed by atoms with Crippen molar-refractivity contribution < 1.29 is 9.90 Å². The highest BCUT2D eigenvalue weighted by atomic mass is 16.3. The Morgan fingerprint density at radius 3 is 2.86 bits per heavy atom. The fourth-order valence-corrected chi connectivity index (χ4v) is 1.78. The van der Waals surface area contributed by atoms with Gasteiger partial charge in [-0.1, -0.05) is 23.4 Å². The number of nitrogens with one attached hydrogen (secondary N) is 2. The van der Waals surface area contributed by atoms with E-state index in [1.807, 2.05) is 37.3 Å². The number of urea groups is 1. The molecule has 3 N–H and O–H groups in total. The predicted octanol–water partition coefficient (Wildman–Crippen LogP) is 1.01. The van der Waals surface area contributed by atoms with E-state index in [2.05, 4.69) is 20.9 Å². The van der Waals surface area contributed by atoms with Gasteiger partial charge in [-0.15, -0.1) is 5.10 Å². The molecule has 1 aromatic heterocycles. The monoisotopic (exact) mass is 289 g/mol. The van der Waals surface area contributed by atoms with Crippen LogP contribution in [0.5, 0.6) is 0 Å². The first-order valence-electron chi connectivity index (χ1n) is 6.83. The molecule has 7 nitrogen and oxygen atoms in total. The topological polar surface area (TPSA) is 92.1 Å². The van der Waals surface area contributed by atoms with Gasteiger partial charge in [-0.05, 0) is 25.5 Å². The van der Waals surface area contributed by atoms with Gasteiger partial charge >= 0.3 is 6.03 Å². The number of rotatable bonds is 6. The lowest BCUT2D eigenvalue weighted by Gasteiger charge is -2.11. The summed E-state index contributed by atoms with van der Waals surface area (Å²) in [5.74, 6) is 0. The SMILES string of the molecule is CC(NC(=O)NCCCO)c1cn(-c2ccccc2)nn1. The number of benzene rings is 1. The van der Waals surface area contributed by atoms with Gasteiger partial charge in [0.1, 0.15) is 5.69 Å². The number of carbonyl (C=O) groups is 1. The molecular formula is C14H19N5O2. The smallest absolute Gasteiger partial charge is 0.315 e. The fraction of sp³-hybridized carbons (Fsp3) is 0.357. The van der Waals surface area contributed by atoms with E-state index in [1.165, 1.54) is 0 Å². The van der Waals surface area contributed by atoms with Crippen LogP contribution in [0.3, 0.4) is 0 Å². The second kappa shape index (κ2) is 7.39. The first-order valence-corrected chi connectivity index (χ1v) is 6.83. The molecule has 0 saturated carbocycles. The molecule has 0 radical (unpaired) electrons. The molecule has 0 aliphatic carbocycles. The number of hydrogen-bond acceptors (Lipinski definition) is 4. The van der Waals surface area contributed by atoms with Crippen molar-refractivity contribution >= 4 is 6.03 Å². The van der Waals surface area contributed by atoms with Crippen molar-refractivity contribution in [3.8, 4) is 5.69 Å². The van der Waals surface area contributed by atoms with Crippen molar-refractivity contribution in [3.05, 3.63) is 42.2 Å². The van der Waals surface area contributed by atoms with Gasteiger partial charge in [0.25, 0.3) is 0 Å². The lowest BCUT2D eigenvalue weighted by Crippen LogP contribution is -2.37. The first-order chi connectivity index (χ1) is 10.2. The van der Waals surface area contributed by atoms with E-state index in [-0.39, 0.29) is 18.7 Å². The highest BCUT2D eigenvalue weighted by Gasteiger charge is 2.13. The Labute approximate surface area is 123 Å². The molecule has 0 aliphatic heterocycles. The van der Waals surface area contributed by atoms with Gasteiger partial charge in [-0.25, -0.2) is 9.48 Å². The number of hydrogen-bond donors (Lipinski definition) is 3. The van der Waals surface area contributed by atoms with Crippen molar-refractivity contribution in [1.29, 1.82) is 0 Å². The van der Waals surface area contributed by atoms with Crippen LogP contribution < -0.4 is 10.6 Å². The molecule has 112 valence electrons. The zero-order chi connectivity index (χ0) is 15.1. The fourth-order valence-electron chi connectivity index (χ4n) is 1.78. The number of nitrogens with zero attached hydrogens (tertiary/aromatic N) is 3. The Morgan fingerprint density at radius 1 is 1.38 bits per heavy atom. The highest BCUT2D eigenvalue weighted by Crippen LogP contribution is 2.11. The molecule has 0 saturated heterocycles. The molecule has 2 rings (SSSR count). The second-order valence-electron chi connectivity index (χ2n) is 4.62. The summed E-state index contributed by atoms with van der Waals surface area (Å²) in [5.41, 5.74) is 1.59. The van der Waals surface area contributed by atoms with E-state index in [1.54, 1.807) is 10.9 Å². The van der Waals surface area contributed by atoms with E-state index in [0.717, 1.165) is 5.69 Å². The average Bonchev–Trinajstić information content (AvgIpc) is 2.98. The van der Waals surface area contributed by atoms with Crippen LogP contribution in [-0.2, 0) is 0 Å². The molecule has 1 heterocycles. The minimum absolute atomic E-state index is 0.0568. The number of carbonyl (C=O) groups excluding carboxylic acids is 1. The normalized spacial score (nSPS) is 11.9. The highest BCUT2D eigenvalue weighted by molar-refractivity contribution is 5.74. The van der Waals surface area contributed by atoms with Crippen molar-refractivity contribution in [2.24, 2.45) is 0 Å². The van der Waals surface area contributed by atoms with Gasteiger partial charge in [-0.3, -0.25) is 0 Å². The second-order valence-corrected chi connectivity index (χ2v) is 4.62. The number of aromatic nitrogens is 3. The van der Waals surface area contributed by atoms with E-state index < -0.39 is 0 Å². The maximum absolute atomic E-state index is 11.6. The largest absolute Gasteiger partial charge is 0.396 e. The van der Waals surface area contributed by atoms with E-state index in [9.17, 15) is 4.79 Å². The molecule has 2 amide bonds. The van der Waals surface area contributed by atoms with Crippen LogP contribution in [0.4, 0.5) is 4.79 Å². The zero-order valence-corrected chi connectivity index (χ0v) is 11.9. The third-order valence-electron chi connectivity index (χ3n) is 2.94. The summed E-state index contributed by atoms with van der Waals surface area (Å²) in [6.45, 7) is 2.33. The summed E-state index contributed by atoms with van der Waals surface area (Å²) in [4.78, 5) is 11.6. The summed E-state index contributed by atoms with van der Waals surface area (Å²) in [6.07, 6.45) is 2.32. The van der Waals surface area contributed by atoms with Crippen LogP contribution in [0.2, 0.25) is 0 Å². The number of amides is 2. The van der Waals surface area contributed by atoms with Crippen LogP contribution in [-0.4, -0.2) is 39.3 Å². The molecule has 2 aromatic rings. The molecule has 0 bridgehead atoms. The van der Waals surface area contributed by atoms with Crippen LogP contribution >= 0.6 is 0 Å². The van der Waals surface area contributed by atoms with Crippen LogP contribution in [0.15, 0.2) is 36.5 Å². The molecule has 0 fully saturated rings. The Bertz CT molecular complexity index is 570.